The smallest absolute Gasteiger partial charge is 0.407 e. The SMILES string of the molecule is C=C([C@@H](NC(=O)CC)C(C)C)N1CCC[C@H]1c1nc(-c2cc3ccc2CCc2ccc(c(-c4c[nH]c([C@@H]5CCCN5C(=O)[C@@H](NC(=O)OC)C(C)C)n4)c2)CC3)c[nH]1. The fourth-order valence-electron chi connectivity index (χ4n) is 9.00. The minimum Gasteiger partial charge on any atom is -0.453 e. The molecule has 58 heavy (non-hydrogen) atoms. The van der Waals surface area contributed by atoms with Crippen LogP contribution in [0.4, 0.5) is 4.79 Å². The number of imidazole rings is 2. The number of aryl methyl sites for hydroxylation is 4. The molecule has 2 fully saturated rings. The molecule has 12 heteroatoms. The fourth-order valence-corrected chi connectivity index (χ4v) is 9.00. The van der Waals surface area contributed by atoms with E-state index in [1.165, 1.54) is 34.9 Å². The van der Waals surface area contributed by atoms with Crippen molar-refractivity contribution in [3.63, 3.8) is 0 Å². The number of hydrogen-bond donors (Lipinski definition) is 4. The van der Waals surface area contributed by atoms with Crippen molar-refractivity contribution in [2.75, 3.05) is 20.2 Å². The largest absolute Gasteiger partial charge is 0.453 e. The van der Waals surface area contributed by atoms with Gasteiger partial charge in [-0.05, 0) is 97.6 Å². The summed E-state index contributed by atoms with van der Waals surface area (Å²) in [4.78, 5) is 59.8. The second-order valence-corrected chi connectivity index (χ2v) is 16.9. The van der Waals surface area contributed by atoms with Gasteiger partial charge >= 0.3 is 6.09 Å². The summed E-state index contributed by atoms with van der Waals surface area (Å²) in [5.41, 5.74) is 10.1. The Morgan fingerprint density at radius 1 is 0.776 bits per heavy atom. The molecular formula is C46H60N8O4. The van der Waals surface area contributed by atoms with Gasteiger partial charge in [-0.2, -0.15) is 0 Å². The van der Waals surface area contributed by atoms with Gasteiger partial charge in [0.2, 0.25) is 11.8 Å². The third-order valence-electron chi connectivity index (χ3n) is 12.3. The lowest BCUT2D eigenvalue weighted by atomic mass is 9.90. The van der Waals surface area contributed by atoms with Crippen LogP contribution in [0.5, 0.6) is 0 Å². The van der Waals surface area contributed by atoms with E-state index in [9.17, 15) is 14.4 Å². The molecule has 4 aliphatic carbocycles. The van der Waals surface area contributed by atoms with Gasteiger partial charge in [-0.3, -0.25) is 9.59 Å². The quantitative estimate of drug-likeness (QED) is 0.116. The Kier molecular flexibility index (Phi) is 12.4. The standard InChI is InChI=1S/C46H60N8O4/c1-8-40(55)51-41(27(2)3)29(6)53-21-9-11-38(53)43-47-25-36(49-43)34-23-30-13-17-32(34)18-14-31-16-20-33(19-15-30)35(24-31)37-26-48-44(50-37)39-12-10-22-54(39)45(56)42(28(4)5)52-46(57)58-7/h13,16-17,20,23-28,38-39,41-42H,6,8-12,14-15,18-19,21-22H2,1-5,7H3,(H,47,49)(H,48,50)(H,51,55)(H,52,57)/t38-,39-,41-,42-/m0/s1. The van der Waals surface area contributed by atoms with E-state index in [1.54, 1.807) is 0 Å². The Morgan fingerprint density at radius 2 is 1.29 bits per heavy atom. The van der Waals surface area contributed by atoms with Crippen LogP contribution in [-0.2, 0) is 40.0 Å². The monoisotopic (exact) mass is 788 g/mol. The summed E-state index contributed by atoms with van der Waals surface area (Å²) in [5, 5.41) is 5.94. The fraction of sp³-hybridized carbons (Fsp3) is 0.500. The van der Waals surface area contributed by atoms with E-state index in [-0.39, 0.29) is 41.8 Å². The highest BCUT2D eigenvalue weighted by molar-refractivity contribution is 5.86. The Balaban J connectivity index is 1.09. The van der Waals surface area contributed by atoms with Crippen LogP contribution in [0.2, 0.25) is 0 Å². The number of carbonyl (C=O) groups is 3. The Labute approximate surface area is 342 Å². The predicted octanol–water partition coefficient (Wildman–Crippen LogP) is 7.60. The number of aromatic nitrogens is 4. The molecule has 4 heterocycles. The predicted molar refractivity (Wildman–Crippen MR) is 226 cm³/mol. The van der Waals surface area contributed by atoms with Crippen LogP contribution in [-0.4, -0.2) is 79.9 Å². The van der Waals surface area contributed by atoms with E-state index in [4.69, 9.17) is 14.7 Å². The van der Waals surface area contributed by atoms with Crippen LogP contribution in [0, 0.1) is 11.8 Å². The van der Waals surface area contributed by atoms with Crippen molar-refractivity contribution in [2.24, 2.45) is 11.8 Å². The lowest BCUT2D eigenvalue weighted by Crippen LogP contribution is -2.51. The molecule has 2 saturated heterocycles. The van der Waals surface area contributed by atoms with Crippen LogP contribution < -0.4 is 10.6 Å². The van der Waals surface area contributed by atoms with Crippen LogP contribution in [0.25, 0.3) is 22.5 Å². The number of amides is 3. The molecule has 6 aliphatic rings. The number of carbonyl (C=O) groups excluding carboxylic acids is 3. The maximum atomic E-state index is 13.8. The normalized spacial score (nSPS) is 19.0. The van der Waals surface area contributed by atoms with Gasteiger partial charge in [-0.25, -0.2) is 14.8 Å². The first-order chi connectivity index (χ1) is 27.9. The first kappa shape index (κ1) is 40.8. The molecule has 2 aliphatic heterocycles. The van der Waals surface area contributed by atoms with Gasteiger partial charge in [-0.1, -0.05) is 65.5 Å². The molecule has 4 N–H and O–H groups in total. The van der Waals surface area contributed by atoms with Gasteiger partial charge in [0.25, 0.3) is 0 Å². The number of hydrogen-bond acceptors (Lipinski definition) is 7. The van der Waals surface area contributed by atoms with Crippen molar-refractivity contribution in [2.45, 2.75) is 117 Å². The lowest BCUT2D eigenvalue weighted by molar-refractivity contribution is -0.135. The zero-order chi connectivity index (χ0) is 41.1. The number of likely N-dealkylation sites (tertiary alicyclic amines) is 2. The summed E-state index contributed by atoms with van der Waals surface area (Å²) in [6.07, 6.45) is 11.0. The van der Waals surface area contributed by atoms with E-state index in [2.05, 4.69) is 88.5 Å². The number of benzene rings is 2. The van der Waals surface area contributed by atoms with E-state index in [0.29, 0.717) is 13.0 Å². The number of H-pyrrole nitrogens is 2. The van der Waals surface area contributed by atoms with Crippen molar-refractivity contribution < 1.29 is 19.1 Å². The van der Waals surface area contributed by atoms with Crippen molar-refractivity contribution in [3.05, 3.63) is 95.0 Å². The number of nitrogens with one attached hydrogen (secondary N) is 4. The van der Waals surface area contributed by atoms with Crippen molar-refractivity contribution >= 4 is 17.9 Å². The van der Waals surface area contributed by atoms with Crippen LogP contribution in [0.3, 0.4) is 0 Å². The zero-order valence-corrected chi connectivity index (χ0v) is 35.0. The molecule has 10 rings (SSSR count). The van der Waals surface area contributed by atoms with Gasteiger partial charge in [0.15, 0.2) is 0 Å². The topological polar surface area (TPSA) is 148 Å². The van der Waals surface area contributed by atoms with E-state index < -0.39 is 12.1 Å². The summed E-state index contributed by atoms with van der Waals surface area (Å²) < 4.78 is 4.81. The van der Waals surface area contributed by atoms with Crippen LogP contribution >= 0.6 is 0 Å². The molecule has 2 aromatic carbocycles. The number of ether oxygens (including phenoxy) is 1. The molecule has 0 spiro atoms. The first-order valence-corrected chi connectivity index (χ1v) is 21.2. The van der Waals surface area contributed by atoms with E-state index in [0.717, 1.165) is 92.2 Å². The number of nitrogens with zero attached hydrogens (tertiary/aromatic N) is 4. The van der Waals surface area contributed by atoms with Crippen LogP contribution in [0.15, 0.2) is 61.1 Å². The van der Waals surface area contributed by atoms with Crippen LogP contribution in [0.1, 0.15) is 113 Å². The van der Waals surface area contributed by atoms with Gasteiger partial charge < -0.3 is 35.1 Å². The summed E-state index contributed by atoms with van der Waals surface area (Å²) in [7, 11) is 1.31. The maximum absolute atomic E-state index is 13.8. The summed E-state index contributed by atoms with van der Waals surface area (Å²) in [6, 6.07) is 12.7. The molecule has 0 saturated carbocycles. The van der Waals surface area contributed by atoms with Crippen molar-refractivity contribution in [1.82, 2.24) is 40.4 Å². The second kappa shape index (κ2) is 17.6. The molecule has 3 amide bonds. The van der Waals surface area contributed by atoms with Gasteiger partial charge in [-0.15, -0.1) is 0 Å². The van der Waals surface area contributed by atoms with Crippen molar-refractivity contribution in [3.8, 4) is 22.5 Å². The molecule has 4 atom stereocenters. The van der Waals surface area contributed by atoms with Crippen molar-refractivity contribution in [1.29, 1.82) is 0 Å². The molecule has 0 radical (unpaired) electrons. The minimum absolute atomic E-state index is 0.0408. The summed E-state index contributed by atoms with van der Waals surface area (Å²) >= 11 is 0. The Hall–Kier alpha value is -5.39. The highest BCUT2D eigenvalue weighted by Crippen LogP contribution is 2.38. The zero-order valence-electron chi connectivity index (χ0n) is 35.0. The molecule has 0 unspecified atom stereocenters. The Bertz CT molecular complexity index is 1980. The summed E-state index contributed by atoms with van der Waals surface area (Å²) in [6.45, 7) is 16.0. The number of methoxy groups -OCH3 is 1. The van der Waals surface area contributed by atoms with Gasteiger partial charge in [0.05, 0.1) is 36.6 Å². The Morgan fingerprint density at radius 3 is 1.79 bits per heavy atom. The van der Waals surface area contributed by atoms with E-state index >= 15 is 0 Å². The molecular weight excluding hydrogens is 729 g/mol. The number of alkyl carbamates (subject to hydrolysis) is 1. The maximum Gasteiger partial charge on any atom is 0.407 e. The molecule has 12 nitrogen and oxygen atoms in total. The number of aromatic amines is 2. The van der Waals surface area contributed by atoms with E-state index in [1.807, 2.05) is 31.9 Å². The first-order valence-electron chi connectivity index (χ1n) is 21.2. The third-order valence-corrected chi connectivity index (χ3v) is 12.3. The number of rotatable bonds is 12. The molecule has 4 bridgehead atoms. The highest BCUT2D eigenvalue weighted by Gasteiger charge is 2.38. The van der Waals surface area contributed by atoms with Gasteiger partial charge in [0, 0.05) is 48.7 Å². The van der Waals surface area contributed by atoms with Gasteiger partial charge in [0.1, 0.15) is 17.7 Å². The molecule has 4 aromatic rings. The highest BCUT2D eigenvalue weighted by atomic mass is 16.5. The summed E-state index contributed by atoms with van der Waals surface area (Å²) in [5.74, 6) is 1.76. The lowest BCUT2D eigenvalue weighted by Gasteiger charge is -2.34. The average molecular weight is 789 g/mol. The minimum atomic E-state index is -0.679. The average Bonchev–Trinajstić information content (AvgIpc) is 4.06. The molecule has 2 aromatic heterocycles. The third kappa shape index (κ3) is 8.56. The molecule has 308 valence electrons. The second-order valence-electron chi connectivity index (χ2n) is 16.9.